The van der Waals surface area contributed by atoms with Crippen molar-refractivity contribution in [2.75, 3.05) is 6.61 Å². The summed E-state index contributed by atoms with van der Waals surface area (Å²) in [5.74, 6) is 2.30. The fourth-order valence-electron chi connectivity index (χ4n) is 2.80. The molecule has 1 aliphatic rings. The van der Waals surface area contributed by atoms with Crippen LogP contribution in [0.25, 0.3) is 0 Å². The third-order valence-corrected chi connectivity index (χ3v) is 3.62. The van der Waals surface area contributed by atoms with E-state index >= 15 is 0 Å². The number of carbonyl (C=O) groups is 1. The van der Waals surface area contributed by atoms with Crippen LogP contribution in [-0.2, 0) is 14.6 Å². The zero-order valence-corrected chi connectivity index (χ0v) is 10.9. The largest absolute Gasteiger partial charge is 0.339 e. The van der Waals surface area contributed by atoms with Crippen molar-refractivity contribution < 1.29 is 14.6 Å². The first-order chi connectivity index (χ1) is 7.50. The fourth-order valence-corrected chi connectivity index (χ4v) is 2.80. The van der Waals surface area contributed by atoms with Crippen LogP contribution < -0.4 is 0 Å². The Hall–Kier alpha value is -0.570. The molecule has 0 spiro atoms. The molecule has 1 rings (SSSR count). The van der Waals surface area contributed by atoms with Gasteiger partial charge in [-0.1, -0.05) is 27.2 Å². The molecule has 3 atom stereocenters. The van der Waals surface area contributed by atoms with E-state index in [1.165, 1.54) is 26.2 Å². The van der Waals surface area contributed by atoms with Gasteiger partial charge in [-0.25, -0.2) is 4.79 Å². The maximum Gasteiger partial charge on any atom is 0.339 e. The average Bonchev–Trinajstić information content (AvgIpc) is 2.16. The van der Waals surface area contributed by atoms with Crippen LogP contribution in [-0.4, -0.2) is 12.6 Å². The lowest BCUT2D eigenvalue weighted by Crippen LogP contribution is -2.31. The van der Waals surface area contributed by atoms with Crippen LogP contribution in [0.4, 0.5) is 0 Å². The Bertz CT molecular complexity index is 225. The molecule has 0 aliphatic heterocycles. The molecule has 0 heterocycles. The average molecular weight is 228 g/mol. The highest BCUT2D eigenvalue weighted by Gasteiger charge is 2.31. The van der Waals surface area contributed by atoms with Gasteiger partial charge in [0.15, 0.2) is 0 Å². The molecule has 0 bridgehead atoms. The van der Waals surface area contributed by atoms with Gasteiger partial charge in [0.05, 0.1) is 6.61 Å². The van der Waals surface area contributed by atoms with Crippen LogP contribution in [0.15, 0.2) is 0 Å². The van der Waals surface area contributed by atoms with E-state index in [2.05, 4.69) is 25.7 Å². The lowest BCUT2D eigenvalue weighted by Gasteiger charge is -2.36. The minimum absolute atomic E-state index is 0.370. The zero-order chi connectivity index (χ0) is 12.1. The summed E-state index contributed by atoms with van der Waals surface area (Å²) in [6, 6.07) is 0. The number of hydrogen-bond acceptors (Lipinski definition) is 3. The van der Waals surface area contributed by atoms with Gasteiger partial charge in [0.25, 0.3) is 0 Å². The van der Waals surface area contributed by atoms with Gasteiger partial charge in [-0.2, -0.15) is 4.89 Å². The third kappa shape index (κ3) is 4.12. The quantitative estimate of drug-likeness (QED) is 0.547. The topological polar surface area (TPSA) is 35.5 Å². The van der Waals surface area contributed by atoms with Crippen molar-refractivity contribution in [3.05, 3.63) is 0 Å². The molecular formula is C13H24O3. The minimum atomic E-state index is -0.370. The summed E-state index contributed by atoms with van der Waals surface area (Å²) in [6.07, 6.45) is 3.77. The molecule has 0 saturated heterocycles. The molecule has 94 valence electrons. The molecule has 0 aromatic carbocycles. The maximum absolute atomic E-state index is 10.6. The van der Waals surface area contributed by atoms with Crippen LogP contribution in [0.1, 0.15) is 47.0 Å². The van der Waals surface area contributed by atoms with E-state index in [4.69, 9.17) is 4.89 Å². The van der Waals surface area contributed by atoms with Crippen LogP contribution in [0.5, 0.6) is 0 Å². The molecule has 3 heteroatoms. The lowest BCUT2D eigenvalue weighted by atomic mass is 9.70. The first kappa shape index (κ1) is 13.5. The highest BCUT2D eigenvalue weighted by atomic mass is 17.2. The van der Waals surface area contributed by atoms with Gasteiger partial charge in [0.1, 0.15) is 0 Å². The molecule has 0 N–H and O–H groups in total. The Morgan fingerprint density at radius 2 is 2.06 bits per heavy atom. The number of hydrogen-bond donors (Lipinski definition) is 0. The van der Waals surface area contributed by atoms with Gasteiger partial charge >= 0.3 is 5.97 Å². The minimum Gasteiger partial charge on any atom is -0.299 e. The van der Waals surface area contributed by atoms with E-state index in [1.54, 1.807) is 0 Å². The molecule has 16 heavy (non-hydrogen) atoms. The number of rotatable bonds is 4. The lowest BCUT2D eigenvalue weighted by molar-refractivity contribution is -0.280. The highest BCUT2D eigenvalue weighted by Crippen LogP contribution is 2.38. The van der Waals surface area contributed by atoms with Crippen molar-refractivity contribution in [1.82, 2.24) is 0 Å². The van der Waals surface area contributed by atoms with Gasteiger partial charge in [-0.05, 0) is 36.5 Å². The molecule has 1 aliphatic carbocycles. The molecule has 3 nitrogen and oxygen atoms in total. The Morgan fingerprint density at radius 1 is 1.38 bits per heavy atom. The molecule has 3 unspecified atom stereocenters. The van der Waals surface area contributed by atoms with E-state index in [9.17, 15) is 4.79 Å². The number of carbonyl (C=O) groups excluding carboxylic acids is 1. The highest BCUT2D eigenvalue weighted by molar-refractivity contribution is 5.65. The monoisotopic (exact) mass is 228 g/mol. The predicted octanol–water partition coefficient (Wildman–Crippen LogP) is 3.19. The van der Waals surface area contributed by atoms with Crippen LogP contribution >= 0.6 is 0 Å². The Balaban J connectivity index is 2.41. The maximum atomic E-state index is 10.6. The van der Waals surface area contributed by atoms with Gasteiger partial charge in [-0.15, -0.1) is 0 Å². The molecule has 0 aromatic rings. The summed E-state index contributed by atoms with van der Waals surface area (Å²) in [5.41, 5.74) is 0. The molecule has 0 radical (unpaired) electrons. The van der Waals surface area contributed by atoms with Crippen molar-refractivity contribution >= 4 is 5.97 Å². The van der Waals surface area contributed by atoms with E-state index in [-0.39, 0.29) is 5.97 Å². The summed E-state index contributed by atoms with van der Waals surface area (Å²) in [4.78, 5) is 20.2. The summed E-state index contributed by atoms with van der Waals surface area (Å²) < 4.78 is 0. The van der Waals surface area contributed by atoms with Crippen molar-refractivity contribution in [1.29, 1.82) is 0 Å². The van der Waals surface area contributed by atoms with Crippen molar-refractivity contribution in [3.63, 3.8) is 0 Å². The van der Waals surface area contributed by atoms with Crippen molar-refractivity contribution in [2.24, 2.45) is 23.7 Å². The van der Waals surface area contributed by atoms with Gasteiger partial charge in [-0.3, -0.25) is 4.89 Å². The normalized spacial score (nSPS) is 30.4. The second-order valence-corrected chi connectivity index (χ2v) is 5.45. The standard InChI is InChI=1S/C13H24O3/c1-9(2)13-6-5-10(3)7-12(13)8-15-16-11(4)14/h9-10,12-13H,5-8H2,1-4H3. The molecule has 0 amide bonds. The van der Waals surface area contributed by atoms with Crippen LogP contribution in [0.3, 0.4) is 0 Å². The second-order valence-electron chi connectivity index (χ2n) is 5.45. The summed E-state index contributed by atoms with van der Waals surface area (Å²) in [6.45, 7) is 8.73. The second kappa shape index (κ2) is 6.24. The van der Waals surface area contributed by atoms with E-state index in [1.807, 2.05) is 0 Å². The Morgan fingerprint density at radius 3 is 2.62 bits per heavy atom. The SMILES string of the molecule is CC(=O)OOCC1CC(C)CCC1C(C)C. The summed E-state index contributed by atoms with van der Waals surface area (Å²) >= 11 is 0. The molecule has 1 fully saturated rings. The van der Waals surface area contributed by atoms with E-state index in [0.717, 1.165) is 5.92 Å². The third-order valence-electron chi connectivity index (χ3n) is 3.62. The summed E-state index contributed by atoms with van der Waals surface area (Å²) in [5, 5.41) is 0. The van der Waals surface area contributed by atoms with Gasteiger partial charge in [0.2, 0.25) is 0 Å². The molecular weight excluding hydrogens is 204 g/mol. The van der Waals surface area contributed by atoms with Crippen molar-refractivity contribution in [3.8, 4) is 0 Å². The van der Waals surface area contributed by atoms with E-state index < -0.39 is 0 Å². The van der Waals surface area contributed by atoms with Crippen LogP contribution in [0, 0.1) is 23.7 Å². The van der Waals surface area contributed by atoms with Gasteiger partial charge in [0, 0.05) is 6.92 Å². The fraction of sp³-hybridized carbons (Fsp3) is 0.923. The molecule has 1 saturated carbocycles. The first-order valence-electron chi connectivity index (χ1n) is 6.30. The van der Waals surface area contributed by atoms with Crippen molar-refractivity contribution in [2.45, 2.75) is 47.0 Å². The van der Waals surface area contributed by atoms with Gasteiger partial charge < -0.3 is 0 Å². The summed E-state index contributed by atoms with van der Waals surface area (Å²) in [7, 11) is 0. The zero-order valence-electron chi connectivity index (χ0n) is 10.9. The Kier molecular flexibility index (Phi) is 5.26. The smallest absolute Gasteiger partial charge is 0.299 e. The van der Waals surface area contributed by atoms with E-state index in [0.29, 0.717) is 24.4 Å². The van der Waals surface area contributed by atoms with Crippen LogP contribution in [0.2, 0.25) is 0 Å². The molecule has 0 aromatic heterocycles. The Labute approximate surface area is 98.4 Å². The first-order valence-corrected chi connectivity index (χ1v) is 6.30. The predicted molar refractivity (Wildman–Crippen MR) is 62.6 cm³/mol.